The number of ether oxygens (including phenoxy) is 2. The minimum absolute atomic E-state index is 0.161. The number of hydrogen-bond acceptors (Lipinski definition) is 6. The van der Waals surface area contributed by atoms with Gasteiger partial charge >= 0.3 is 0 Å². The Labute approximate surface area is 155 Å². The highest BCUT2D eigenvalue weighted by atomic mass is 32.2. The number of aromatic nitrogens is 3. The lowest BCUT2D eigenvalue weighted by molar-refractivity contribution is 0.291. The number of rotatable bonds is 8. The van der Waals surface area contributed by atoms with Crippen LogP contribution in [0.2, 0.25) is 0 Å². The van der Waals surface area contributed by atoms with Gasteiger partial charge < -0.3 is 15.3 Å². The first-order valence-electron chi connectivity index (χ1n) is 7.99. The summed E-state index contributed by atoms with van der Waals surface area (Å²) in [5.74, 6) is 8.42. The van der Waals surface area contributed by atoms with Crippen LogP contribution in [0.4, 0.5) is 4.39 Å². The van der Waals surface area contributed by atoms with Crippen LogP contribution < -0.4 is 15.3 Å². The van der Waals surface area contributed by atoms with Crippen LogP contribution in [0, 0.1) is 5.82 Å². The van der Waals surface area contributed by atoms with Crippen LogP contribution in [0.1, 0.15) is 11.4 Å². The van der Waals surface area contributed by atoms with Crippen molar-refractivity contribution >= 4 is 11.8 Å². The third-order valence-electron chi connectivity index (χ3n) is 3.70. The van der Waals surface area contributed by atoms with Crippen molar-refractivity contribution in [2.75, 3.05) is 18.7 Å². The van der Waals surface area contributed by atoms with Crippen LogP contribution in [-0.4, -0.2) is 27.7 Å². The van der Waals surface area contributed by atoms with E-state index >= 15 is 0 Å². The minimum atomic E-state index is -0.310. The molecular weight excluding hydrogens is 355 g/mol. The number of hydrogen-bond donors (Lipinski definition) is 1. The number of nitrogens with two attached hydrogens (primary N) is 1. The van der Waals surface area contributed by atoms with Crippen LogP contribution in [-0.2, 0) is 13.0 Å². The first-order valence-corrected chi connectivity index (χ1v) is 8.98. The molecule has 8 heteroatoms. The summed E-state index contributed by atoms with van der Waals surface area (Å²) in [5, 5.41) is 8.76. The molecule has 0 bridgehead atoms. The molecule has 0 saturated carbocycles. The van der Waals surface area contributed by atoms with Crippen LogP contribution in [0.15, 0.2) is 53.7 Å². The van der Waals surface area contributed by atoms with Gasteiger partial charge in [0.15, 0.2) is 5.82 Å². The summed E-state index contributed by atoms with van der Waals surface area (Å²) in [4.78, 5) is 0. The second-order valence-electron chi connectivity index (χ2n) is 5.46. The Balaban J connectivity index is 1.50. The lowest BCUT2D eigenvalue weighted by Crippen LogP contribution is -2.16. The summed E-state index contributed by atoms with van der Waals surface area (Å²) in [7, 11) is 1.65. The molecule has 0 radical (unpaired) electrons. The second kappa shape index (κ2) is 8.57. The standard InChI is InChI=1S/C18H19FN4O2S/c1-24-15-6-2-13(3-7-15)10-11-26-18-22-21-17(23(18)20)12-25-16-8-4-14(19)5-9-16/h2-9H,10-12,20H2,1H3. The predicted molar refractivity (Wildman–Crippen MR) is 98.3 cm³/mol. The number of nitrogens with zero attached hydrogens (tertiary/aromatic N) is 3. The SMILES string of the molecule is COc1ccc(CCSc2nnc(COc3ccc(F)cc3)n2N)cc1. The second-order valence-corrected chi connectivity index (χ2v) is 6.52. The molecule has 0 atom stereocenters. The number of benzene rings is 2. The van der Waals surface area contributed by atoms with Crippen molar-refractivity contribution in [2.45, 2.75) is 18.2 Å². The van der Waals surface area contributed by atoms with Crippen molar-refractivity contribution < 1.29 is 13.9 Å². The Morgan fingerprint density at radius 2 is 1.73 bits per heavy atom. The molecule has 0 fully saturated rings. The van der Waals surface area contributed by atoms with E-state index in [0.717, 1.165) is 17.9 Å². The third kappa shape index (κ3) is 4.66. The van der Waals surface area contributed by atoms with Crippen molar-refractivity contribution in [2.24, 2.45) is 0 Å². The van der Waals surface area contributed by atoms with Crippen molar-refractivity contribution in [3.63, 3.8) is 0 Å². The average molecular weight is 374 g/mol. The van der Waals surface area contributed by atoms with Gasteiger partial charge in [-0.15, -0.1) is 10.2 Å². The zero-order valence-electron chi connectivity index (χ0n) is 14.3. The fraction of sp³-hybridized carbons (Fsp3) is 0.222. The minimum Gasteiger partial charge on any atom is -0.497 e. The normalized spacial score (nSPS) is 10.7. The fourth-order valence-corrected chi connectivity index (χ4v) is 3.10. The molecule has 0 spiro atoms. The molecule has 136 valence electrons. The molecule has 3 aromatic rings. The molecule has 1 aromatic heterocycles. The molecule has 1 heterocycles. The zero-order valence-corrected chi connectivity index (χ0v) is 15.1. The van der Waals surface area contributed by atoms with Gasteiger partial charge in [0.25, 0.3) is 0 Å². The number of nitrogen functional groups attached to an aromatic ring is 1. The summed E-state index contributed by atoms with van der Waals surface area (Å²) < 4.78 is 25.0. The number of halogens is 1. The summed E-state index contributed by atoms with van der Waals surface area (Å²) in [6.45, 7) is 0.161. The van der Waals surface area contributed by atoms with Gasteiger partial charge in [0, 0.05) is 5.75 Å². The fourth-order valence-electron chi connectivity index (χ4n) is 2.24. The summed E-state index contributed by atoms with van der Waals surface area (Å²) in [6, 6.07) is 13.7. The monoisotopic (exact) mass is 374 g/mol. The van der Waals surface area contributed by atoms with Crippen molar-refractivity contribution in [3.05, 3.63) is 65.7 Å². The lowest BCUT2D eigenvalue weighted by atomic mass is 10.2. The quantitative estimate of drug-likeness (QED) is 0.482. The Kier molecular flexibility index (Phi) is 5.96. The maximum atomic E-state index is 12.9. The smallest absolute Gasteiger partial charge is 0.209 e. The van der Waals surface area contributed by atoms with Gasteiger partial charge in [-0.05, 0) is 48.4 Å². The topological polar surface area (TPSA) is 75.2 Å². The van der Waals surface area contributed by atoms with E-state index in [1.807, 2.05) is 24.3 Å². The number of aryl methyl sites for hydroxylation is 1. The largest absolute Gasteiger partial charge is 0.497 e. The molecule has 0 aliphatic heterocycles. The van der Waals surface area contributed by atoms with Crippen LogP contribution in [0.5, 0.6) is 11.5 Å². The Morgan fingerprint density at radius 1 is 1.04 bits per heavy atom. The third-order valence-corrected chi connectivity index (χ3v) is 4.64. The maximum Gasteiger partial charge on any atom is 0.209 e. The molecular formula is C18H19FN4O2S. The Bertz CT molecular complexity index is 837. The summed E-state index contributed by atoms with van der Waals surface area (Å²) >= 11 is 1.52. The average Bonchev–Trinajstić information content (AvgIpc) is 3.02. The molecule has 3 rings (SSSR count). The van der Waals surface area contributed by atoms with Crippen LogP contribution in [0.3, 0.4) is 0 Å². The van der Waals surface area contributed by atoms with Crippen molar-refractivity contribution in [1.29, 1.82) is 0 Å². The zero-order chi connectivity index (χ0) is 18.4. The highest BCUT2D eigenvalue weighted by Crippen LogP contribution is 2.19. The van der Waals surface area contributed by atoms with E-state index in [1.165, 1.54) is 34.1 Å². The van der Waals surface area contributed by atoms with Gasteiger partial charge in [-0.1, -0.05) is 23.9 Å². The van der Waals surface area contributed by atoms with E-state index in [9.17, 15) is 4.39 Å². The van der Waals surface area contributed by atoms with E-state index in [4.69, 9.17) is 15.3 Å². The number of thioether (sulfide) groups is 1. The molecule has 0 amide bonds. The molecule has 0 saturated heterocycles. The van der Waals surface area contributed by atoms with Gasteiger partial charge in [-0.2, -0.15) is 0 Å². The molecule has 0 unspecified atom stereocenters. The van der Waals surface area contributed by atoms with Gasteiger partial charge in [0.05, 0.1) is 7.11 Å². The van der Waals surface area contributed by atoms with Crippen LogP contribution >= 0.6 is 11.8 Å². The summed E-state index contributed by atoms with van der Waals surface area (Å²) in [5.41, 5.74) is 1.21. The predicted octanol–water partition coefficient (Wildman–Crippen LogP) is 3.05. The van der Waals surface area contributed by atoms with Gasteiger partial charge in [-0.3, -0.25) is 0 Å². The van der Waals surface area contributed by atoms with E-state index in [-0.39, 0.29) is 12.4 Å². The molecule has 26 heavy (non-hydrogen) atoms. The van der Waals surface area contributed by atoms with Crippen LogP contribution in [0.25, 0.3) is 0 Å². The van der Waals surface area contributed by atoms with Crippen molar-refractivity contribution in [3.8, 4) is 11.5 Å². The lowest BCUT2D eigenvalue weighted by Gasteiger charge is -2.06. The van der Waals surface area contributed by atoms with E-state index < -0.39 is 0 Å². The van der Waals surface area contributed by atoms with E-state index in [0.29, 0.717) is 16.7 Å². The van der Waals surface area contributed by atoms with E-state index in [2.05, 4.69) is 10.2 Å². The Hall–Kier alpha value is -2.74. The molecule has 0 aliphatic rings. The highest BCUT2D eigenvalue weighted by molar-refractivity contribution is 7.99. The maximum absolute atomic E-state index is 12.9. The number of methoxy groups -OCH3 is 1. The van der Waals surface area contributed by atoms with Crippen molar-refractivity contribution in [1.82, 2.24) is 14.9 Å². The molecule has 2 aromatic carbocycles. The van der Waals surface area contributed by atoms with Gasteiger partial charge in [-0.25, -0.2) is 9.07 Å². The summed E-state index contributed by atoms with van der Waals surface area (Å²) in [6.07, 6.45) is 0.878. The van der Waals surface area contributed by atoms with Gasteiger partial charge in [0.1, 0.15) is 23.9 Å². The first-order chi connectivity index (χ1) is 12.7. The molecule has 0 aliphatic carbocycles. The van der Waals surface area contributed by atoms with E-state index in [1.54, 1.807) is 19.2 Å². The molecule has 2 N–H and O–H groups in total. The van der Waals surface area contributed by atoms with Gasteiger partial charge in [0.2, 0.25) is 5.16 Å². The molecule has 6 nitrogen and oxygen atoms in total. The Morgan fingerprint density at radius 3 is 2.42 bits per heavy atom. The highest BCUT2D eigenvalue weighted by Gasteiger charge is 2.11. The first kappa shape index (κ1) is 18.1.